The Balaban J connectivity index is 1.73. The Morgan fingerprint density at radius 2 is 1.54 bits per heavy atom. The second kappa shape index (κ2) is 6.10. The normalized spacial score (nSPS) is 17.4. The summed E-state index contributed by atoms with van der Waals surface area (Å²) in [5.74, 6) is 0. The molecule has 28 heavy (non-hydrogen) atoms. The highest BCUT2D eigenvalue weighted by Crippen LogP contribution is 2.40. The first-order chi connectivity index (χ1) is 13.5. The lowest BCUT2D eigenvalue weighted by molar-refractivity contribution is 0.000191. The molecule has 0 unspecified atom stereocenters. The third kappa shape index (κ3) is 2.46. The molecule has 0 saturated heterocycles. The summed E-state index contributed by atoms with van der Waals surface area (Å²) in [4.78, 5) is 0. The van der Waals surface area contributed by atoms with E-state index in [4.69, 9.17) is 0 Å². The minimum Gasteiger partial charge on any atom is -0.385 e. The maximum absolute atomic E-state index is 11.4. The van der Waals surface area contributed by atoms with Gasteiger partial charge in [0.25, 0.3) is 0 Å². The van der Waals surface area contributed by atoms with Gasteiger partial charge in [-0.2, -0.15) is 0 Å². The van der Waals surface area contributed by atoms with Crippen LogP contribution in [0.4, 0.5) is 0 Å². The summed E-state index contributed by atoms with van der Waals surface area (Å²) in [5, 5.41) is 29.0. The van der Waals surface area contributed by atoms with Crippen molar-refractivity contribution in [1.29, 1.82) is 0 Å². The molecule has 0 aliphatic heterocycles. The van der Waals surface area contributed by atoms with Crippen molar-refractivity contribution < 1.29 is 5.11 Å². The van der Waals surface area contributed by atoms with E-state index in [1.165, 1.54) is 6.42 Å². The molecule has 0 bridgehead atoms. The van der Waals surface area contributed by atoms with Crippen LogP contribution in [0.25, 0.3) is 22.1 Å². The van der Waals surface area contributed by atoms with Crippen molar-refractivity contribution in [1.82, 2.24) is 30.0 Å². The molecular weight excluding hydrogens is 352 g/mol. The zero-order valence-corrected chi connectivity index (χ0v) is 16.2. The fraction of sp³-hybridized carbons (Fsp3) is 0.429. The Morgan fingerprint density at radius 3 is 2.36 bits per heavy atom. The fourth-order valence-corrected chi connectivity index (χ4v) is 4.50. The fourth-order valence-electron chi connectivity index (χ4n) is 4.50. The SMILES string of the molecule is CC(C)(n1nnc2ccccc21)n1nnc2cccc(C3(O)CCCCC3)c21. The van der Waals surface area contributed by atoms with E-state index in [1.54, 1.807) is 0 Å². The van der Waals surface area contributed by atoms with E-state index in [1.807, 2.05) is 65.7 Å². The van der Waals surface area contributed by atoms with Gasteiger partial charge in [-0.1, -0.05) is 54.0 Å². The first kappa shape index (κ1) is 17.3. The van der Waals surface area contributed by atoms with E-state index in [-0.39, 0.29) is 0 Å². The van der Waals surface area contributed by atoms with Gasteiger partial charge in [-0.15, -0.1) is 10.2 Å². The standard InChI is InChI=1S/C21H24N6O/c1-20(2,26-18-12-5-4-10-16(18)22-24-26)27-19-15(9-8-11-17(19)23-25-27)21(28)13-6-3-7-14-21/h4-5,8-12,28H,3,6-7,13-14H2,1-2H3. The lowest BCUT2D eigenvalue weighted by Gasteiger charge is -2.34. The van der Waals surface area contributed by atoms with Gasteiger partial charge in [0.15, 0.2) is 5.66 Å². The Morgan fingerprint density at radius 1 is 0.857 bits per heavy atom. The second-order valence-corrected chi connectivity index (χ2v) is 8.25. The van der Waals surface area contributed by atoms with E-state index < -0.39 is 11.3 Å². The van der Waals surface area contributed by atoms with Crippen LogP contribution in [0.3, 0.4) is 0 Å². The summed E-state index contributed by atoms with van der Waals surface area (Å²) in [6.07, 6.45) is 4.78. The molecule has 1 aliphatic carbocycles. The molecule has 0 spiro atoms. The van der Waals surface area contributed by atoms with E-state index in [2.05, 4.69) is 20.6 Å². The molecule has 144 valence electrons. The van der Waals surface area contributed by atoms with Crippen LogP contribution in [0.2, 0.25) is 0 Å². The van der Waals surface area contributed by atoms with Crippen LogP contribution < -0.4 is 0 Å². The third-order valence-electron chi connectivity index (χ3n) is 6.04. The molecule has 2 aromatic heterocycles. The van der Waals surface area contributed by atoms with Crippen molar-refractivity contribution >= 4 is 22.1 Å². The van der Waals surface area contributed by atoms with E-state index >= 15 is 0 Å². The molecule has 2 heterocycles. The lowest BCUT2D eigenvalue weighted by atomic mass is 9.79. The summed E-state index contributed by atoms with van der Waals surface area (Å²) in [7, 11) is 0. The number of rotatable bonds is 3. The van der Waals surface area contributed by atoms with E-state index in [9.17, 15) is 5.11 Å². The molecule has 1 fully saturated rings. The topological polar surface area (TPSA) is 81.7 Å². The van der Waals surface area contributed by atoms with Crippen LogP contribution >= 0.6 is 0 Å². The maximum Gasteiger partial charge on any atom is 0.153 e. The summed E-state index contributed by atoms with van der Waals surface area (Å²) < 4.78 is 3.75. The van der Waals surface area contributed by atoms with Crippen molar-refractivity contribution in [3.63, 3.8) is 0 Å². The highest BCUT2D eigenvalue weighted by atomic mass is 16.3. The smallest absolute Gasteiger partial charge is 0.153 e. The first-order valence-electron chi connectivity index (χ1n) is 9.89. The Bertz CT molecular complexity index is 1150. The van der Waals surface area contributed by atoms with Crippen molar-refractivity contribution in [3.05, 3.63) is 48.0 Å². The Kier molecular flexibility index (Phi) is 3.77. The van der Waals surface area contributed by atoms with Gasteiger partial charge in [-0.05, 0) is 44.9 Å². The average Bonchev–Trinajstić information content (AvgIpc) is 3.33. The van der Waals surface area contributed by atoms with Gasteiger partial charge >= 0.3 is 0 Å². The minimum atomic E-state index is -0.836. The van der Waals surface area contributed by atoms with Crippen LogP contribution in [0.5, 0.6) is 0 Å². The van der Waals surface area contributed by atoms with Crippen LogP contribution in [0.1, 0.15) is 51.5 Å². The summed E-state index contributed by atoms with van der Waals surface area (Å²) >= 11 is 0. The molecule has 7 nitrogen and oxygen atoms in total. The number of fused-ring (bicyclic) bond motifs is 2. The third-order valence-corrected chi connectivity index (χ3v) is 6.04. The molecule has 5 rings (SSSR count). The molecule has 2 aromatic carbocycles. The summed E-state index contributed by atoms with van der Waals surface area (Å²) in [5.41, 5.74) is 2.86. The van der Waals surface area contributed by atoms with Gasteiger partial charge in [-0.25, -0.2) is 9.36 Å². The van der Waals surface area contributed by atoms with Crippen molar-refractivity contribution in [2.45, 2.75) is 57.2 Å². The molecule has 1 saturated carbocycles. The van der Waals surface area contributed by atoms with Crippen LogP contribution in [0, 0.1) is 0 Å². The number of benzene rings is 2. The summed E-state index contributed by atoms with van der Waals surface area (Å²) in [6.45, 7) is 4.09. The number of aromatic nitrogens is 6. The predicted molar refractivity (Wildman–Crippen MR) is 107 cm³/mol. The zero-order chi connectivity index (χ0) is 19.4. The van der Waals surface area contributed by atoms with Gasteiger partial charge in [0.1, 0.15) is 11.0 Å². The van der Waals surface area contributed by atoms with Gasteiger partial charge in [0.05, 0.1) is 16.6 Å². The quantitative estimate of drug-likeness (QED) is 0.591. The van der Waals surface area contributed by atoms with Gasteiger partial charge in [0.2, 0.25) is 0 Å². The molecule has 0 radical (unpaired) electrons. The average molecular weight is 376 g/mol. The minimum absolute atomic E-state index is 0.647. The van der Waals surface area contributed by atoms with Crippen molar-refractivity contribution in [2.24, 2.45) is 0 Å². The monoisotopic (exact) mass is 376 g/mol. The number of hydrogen-bond donors (Lipinski definition) is 1. The summed E-state index contributed by atoms with van der Waals surface area (Å²) in [6, 6.07) is 13.8. The highest BCUT2D eigenvalue weighted by Gasteiger charge is 2.37. The van der Waals surface area contributed by atoms with Crippen LogP contribution in [-0.2, 0) is 11.3 Å². The lowest BCUT2D eigenvalue weighted by Crippen LogP contribution is -2.38. The molecule has 1 aliphatic rings. The first-order valence-corrected chi connectivity index (χ1v) is 9.89. The van der Waals surface area contributed by atoms with Crippen molar-refractivity contribution in [2.75, 3.05) is 0 Å². The molecule has 7 heteroatoms. The molecule has 0 atom stereocenters. The Labute approximate surface area is 163 Å². The highest BCUT2D eigenvalue weighted by molar-refractivity contribution is 5.80. The largest absolute Gasteiger partial charge is 0.385 e. The van der Waals surface area contributed by atoms with E-state index in [0.717, 1.165) is 53.3 Å². The van der Waals surface area contributed by atoms with E-state index in [0.29, 0.717) is 0 Å². The van der Waals surface area contributed by atoms with Crippen LogP contribution in [-0.4, -0.2) is 35.1 Å². The molecule has 4 aromatic rings. The Hall–Kier alpha value is -2.80. The number of hydrogen-bond acceptors (Lipinski definition) is 5. The predicted octanol–water partition coefficient (Wildman–Crippen LogP) is 3.57. The second-order valence-electron chi connectivity index (χ2n) is 8.25. The van der Waals surface area contributed by atoms with Crippen LogP contribution in [0.15, 0.2) is 42.5 Å². The van der Waals surface area contributed by atoms with Gasteiger partial charge < -0.3 is 5.11 Å². The van der Waals surface area contributed by atoms with Crippen molar-refractivity contribution in [3.8, 4) is 0 Å². The molecular formula is C21H24N6O. The van der Waals surface area contributed by atoms with Gasteiger partial charge in [-0.3, -0.25) is 0 Å². The zero-order valence-electron chi connectivity index (χ0n) is 16.2. The molecule has 1 N–H and O–H groups in total. The maximum atomic E-state index is 11.4. The number of aliphatic hydroxyl groups is 1. The number of nitrogens with zero attached hydrogens (tertiary/aromatic N) is 6. The number of para-hydroxylation sites is 2. The molecule has 0 amide bonds. The van der Waals surface area contributed by atoms with Gasteiger partial charge in [0, 0.05) is 5.56 Å².